The Morgan fingerprint density at radius 2 is 2.00 bits per heavy atom. The summed E-state index contributed by atoms with van der Waals surface area (Å²) in [5.41, 5.74) is 5.77. The van der Waals surface area contributed by atoms with Crippen LogP contribution in [0.3, 0.4) is 0 Å². The van der Waals surface area contributed by atoms with Gasteiger partial charge in [-0.3, -0.25) is 5.41 Å². The summed E-state index contributed by atoms with van der Waals surface area (Å²) in [4.78, 5) is 1.04. The first-order valence-corrected chi connectivity index (χ1v) is 3.34. The minimum absolute atomic E-state index is 0.274. The number of hydrogen-bond acceptors (Lipinski definition) is 2. The Labute approximate surface area is 70.3 Å². The summed E-state index contributed by atoms with van der Waals surface area (Å²) in [6, 6.07) is 8.82. The molecule has 3 N–H and O–H groups in total. The van der Waals surface area contributed by atoms with Crippen molar-refractivity contribution >= 4 is 11.6 Å². The van der Waals surface area contributed by atoms with E-state index in [1.807, 2.05) is 6.07 Å². The van der Waals surface area contributed by atoms with Crippen molar-refractivity contribution in [1.29, 1.82) is 10.7 Å². The first-order valence-electron chi connectivity index (χ1n) is 3.34. The maximum absolute atomic E-state index is 8.60. The van der Waals surface area contributed by atoms with Gasteiger partial charge in [0.1, 0.15) is 0 Å². The van der Waals surface area contributed by atoms with Crippen LogP contribution in [0.15, 0.2) is 30.3 Å². The van der Waals surface area contributed by atoms with E-state index >= 15 is 0 Å². The lowest BCUT2D eigenvalue weighted by atomic mass is 10.3. The maximum atomic E-state index is 8.60. The quantitative estimate of drug-likeness (QED) is 0.277. The summed E-state index contributed by atoms with van der Waals surface area (Å²) < 4.78 is 0. The monoisotopic (exact) mass is 160 g/mol. The van der Waals surface area contributed by atoms with E-state index in [0.29, 0.717) is 5.69 Å². The summed E-state index contributed by atoms with van der Waals surface area (Å²) in [6.45, 7) is 0. The van der Waals surface area contributed by atoms with Gasteiger partial charge in [-0.05, 0) is 12.1 Å². The van der Waals surface area contributed by atoms with Gasteiger partial charge in [-0.15, -0.1) is 0 Å². The Morgan fingerprint density at radius 1 is 1.42 bits per heavy atom. The van der Waals surface area contributed by atoms with E-state index in [-0.39, 0.29) is 5.96 Å². The van der Waals surface area contributed by atoms with E-state index in [0.717, 1.165) is 4.90 Å². The van der Waals surface area contributed by atoms with Crippen LogP contribution in [0, 0.1) is 16.9 Å². The van der Waals surface area contributed by atoms with Crippen LogP contribution in [0.2, 0.25) is 0 Å². The predicted molar refractivity (Wildman–Crippen MR) is 46.4 cm³/mol. The smallest absolute Gasteiger partial charge is 0.206 e. The molecule has 0 unspecified atom stereocenters. The molecule has 60 valence electrons. The zero-order valence-corrected chi connectivity index (χ0v) is 6.36. The second-order valence-electron chi connectivity index (χ2n) is 2.16. The fourth-order valence-corrected chi connectivity index (χ4v) is 0.828. The van der Waals surface area contributed by atoms with Crippen molar-refractivity contribution in [1.82, 2.24) is 0 Å². The van der Waals surface area contributed by atoms with E-state index in [1.165, 1.54) is 0 Å². The van der Waals surface area contributed by atoms with Crippen LogP contribution in [0.5, 0.6) is 0 Å². The highest BCUT2D eigenvalue weighted by molar-refractivity contribution is 5.94. The molecule has 0 amide bonds. The Bertz CT molecular complexity index is 312. The third kappa shape index (κ3) is 1.52. The fraction of sp³-hybridized carbons (Fsp3) is 0. The molecule has 12 heavy (non-hydrogen) atoms. The van der Waals surface area contributed by atoms with Crippen LogP contribution < -0.4 is 10.6 Å². The van der Waals surface area contributed by atoms with E-state index < -0.39 is 0 Å². The highest BCUT2D eigenvalue weighted by Gasteiger charge is 2.05. The van der Waals surface area contributed by atoms with Crippen LogP contribution in [0.1, 0.15) is 0 Å². The molecule has 4 nitrogen and oxygen atoms in total. The van der Waals surface area contributed by atoms with Crippen LogP contribution in [0.25, 0.3) is 0 Å². The molecule has 0 spiro atoms. The number of para-hydroxylation sites is 1. The van der Waals surface area contributed by atoms with Gasteiger partial charge in [-0.1, -0.05) is 18.2 Å². The van der Waals surface area contributed by atoms with E-state index in [4.69, 9.17) is 16.4 Å². The summed E-state index contributed by atoms with van der Waals surface area (Å²) in [7, 11) is 0. The molecular formula is C8H8N4. The molecule has 0 fully saturated rings. The SMILES string of the molecule is N#CN(C(=N)N)c1ccccc1. The number of nitrogens with zero attached hydrogens (tertiary/aromatic N) is 2. The first-order chi connectivity index (χ1) is 5.75. The van der Waals surface area contributed by atoms with Gasteiger partial charge >= 0.3 is 0 Å². The van der Waals surface area contributed by atoms with Crippen molar-refractivity contribution in [2.75, 3.05) is 4.90 Å². The fourth-order valence-electron chi connectivity index (χ4n) is 0.828. The van der Waals surface area contributed by atoms with E-state index in [1.54, 1.807) is 30.5 Å². The van der Waals surface area contributed by atoms with Crippen molar-refractivity contribution in [2.24, 2.45) is 5.73 Å². The molecule has 0 aliphatic heterocycles. The van der Waals surface area contributed by atoms with Crippen LogP contribution in [0.4, 0.5) is 5.69 Å². The minimum atomic E-state index is -0.274. The number of hydrogen-bond donors (Lipinski definition) is 2. The second-order valence-corrected chi connectivity index (χ2v) is 2.16. The highest BCUT2D eigenvalue weighted by Crippen LogP contribution is 2.10. The van der Waals surface area contributed by atoms with Gasteiger partial charge < -0.3 is 5.73 Å². The molecule has 0 heterocycles. The number of guanidine groups is 1. The molecule has 1 rings (SSSR count). The van der Waals surface area contributed by atoms with Gasteiger partial charge in [0.15, 0.2) is 6.19 Å². The average molecular weight is 160 g/mol. The van der Waals surface area contributed by atoms with Gasteiger partial charge in [-0.25, -0.2) is 4.90 Å². The third-order valence-electron chi connectivity index (χ3n) is 1.36. The molecule has 0 saturated carbocycles. The van der Waals surface area contributed by atoms with Gasteiger partial charge in [-0.2, -0.15) is 5.26 Å². The second kappa shape index (κ2) is 3.39. The summed E-state index contributed by atoms with van der Waals surface area (Å²) in [5, 5.41) is 15.7. The number of benzene rings is 1. The summed E-state index contributed by atoms with van der Waals surface area (Å²) >= 11 is 0. The molecule has 1 aromatic rings. The van der Waals surface area contributed by atoms with Gasteiger partial charge in [0.05, 0.1) is 5.69 Å². The van der Waals surface area contributed by atoms with Crippen LogP contribution >= 0.6 is 0 Å². The van der Waals surface area contributed by atoms with E-state index in [9.17, 15) is 0 Å². The zero-order chi connectivity index (χ0) is 8.97. The maximum Gasteiger partial charge on any atom is 0.206 e. The normalized spacial score (nSPS) is 8.58. The van der Waals surface area contributed by atoms with Crippen molar-refractivity contribution in [3.05, 3.63) is 30.3 Å². The molecule has 0 aromatic heterocycles. The largest absolute Gasteiger partial charge is 0.369 e. The molecule has 0 radical (unpaired) electrons. The average Bonchev–Trinajstić information content (AvgIpc) is 2.07. The zero-order valence-electron chi connectivity index (χ0n) is 6.36. The Morgan fingerprint density at radius 3 is 2.42 bits per heavy atom. The molecular weight excluding hydrogens is 152 g/mol. The summed E-state index contributed by atoms with van der Waals surface area (Å²) in [5.74, 6) is -0.274. The standard InChI is InChI=1S/C8H8N4/c9-6-12(8(10)11)7-4-2-1-3-5-7/h1-5H,(H3,10,11). The molecule has 4 heteroatoms. The van der Waals surface area contributed by atoms with Crippen LogP contribution in [-0.4, -0.2) is 5.96 Å². The predicted octanol–water partition coefficient (Wildman–Crippen LogP) is 0.868. The number of anilines is 1. The molecule has 1 aromatic carbocycles. The van der Waals surface area contributed by atoms with Gasteiger partial charge in [0.2, 0.25) is 5.96 Å². The van der Waals surface area contributed by atoms with E-state index in [2.05, 4.69) is 0 Å². The third-order valence-corrected chi connectivity index (χ3v) is 1.36. The summed E-state index contributed by atoms with van der Waals surface area (Å²) in [6.07, 6.45) is 1.80. The molecule has 0 saturated heterocycles. The number of nitrogens with two attached hydrogens (primary N) is 1. The minimum Gasteiger partial charge on any atom is -0.369 e. The lowest BCUT2D eigenvalue weighted by Crippen LogP contribution is -2.31. The van der Waals surface area contributed by atoms with Gasteiger partial charge in [0, 0.05) is 0 Å². The lowest BCUT2D eigenvalue weighted by Gasteiger charge is -2.11. The number of nitrogens with one attached hydrogen (secondary N) is 1. The van der Waals surface area contributed by atoms with Crippen molar-refractivity contribution in [3.63, 3.8) is 0 Å². The van der Waals surface area contributed by atoms with Crippen molar-refractivity contribution < 1.29 is 0 Å². The molecule has 0 bridgehead atoms. The topological polar surface area (TPSA) is 76.9 Å². The number of nitriles is 1. The Kier molecular flexibility index (Phi) is 2.29. The lowest BCUT2D eigenvalue weighted by molar-refractivity contribution is 1.25. The van der Waals surface area contributed by atoms with Crippen molar-refractivity contribution in [3.8, 4) is 6.19 Å². The molecule has 0 aliphatic carbocycles. The van der Waals surface area contributed by atoms with Crippen molar-refractivity contribution in [2.45, 2.75) is 0 Å². The molecule has 0 aliphatic rings. The van der Waals surface area contributed by atoms with Crippen LogP contribution in [-0.2, 0) is 0 Å². The highest BCUT2D eigenvalue weighted by atomic mass is 15.2. The number of rotatable bonds is 1. The van der Waals surface area contributed by atoms with Gasteiger partial charge in [0.25, 0.3) is 0 Å². The first kappa shape index (κ1) is 8.08. The Hall–Kier alpha value is -2.02. The molecule has 0 atom stereocenters. The Balaban J connectivity index is 2.98.